The summed E-state index contributed by atoms with van der Waals surface area (Å²) in [6.07, 6.45) is 4.28. The van der Waals surface area contributed by atoms with Crippen molar-refractivity contribution in [3.05, 3.63) is 92.5 Å². The van der Waals surface area contributed by atoms with Gasteiger partial charge in [0.05, 0.1) is 12.4 Å². The smallest absolute Gasteiger partial charge is 0.0989 e. The van der Waals surface area contributed by atoms with Gasteiger partial charge in [-0.3, -0.25) is 0 Å². The van der Waals surface area contributed by atoms with Gasteiger partial charge < -0.3 is 9.80 Å². The molecule has 0 bridgehead atoms. The Bertz CT molecular complexity index is 1230. The van der Waals surface area contributed by atoms with Crippen molar-refractivity contribution in [2.24, 2.45) is 0 Å². The third-order valence-corrected chi connectivity index (χ3v) is 7.30. The van der Waals surface area contributed by atoms with E-state index >= 15 is 0 Å². The SMILES string of the molecule is Brc1ccc(N2C=CN(c3cccc4c(Br)c5ccccc5c(Br)c34)C2)cc1. The number of anilines is 2. The molecule has 0 saturated carbocycles. The van der Waals surface area contributed by atoms with E-state index in [0.29, 0.717) is 0 Å². The molecule has 5 heteroatoms. The van der Waals surface area contributed by atoms with Crippen molar-refractivity contribution in [1.82, 2.24) is 0 Å². The lowest BCUT2D eigenvalue weighted by molar-refractivity contribution is 0.979. The van der Waals surface area contributed by atoms with Gasteiger partial charge in [-0.25, -0.2) is 0 Å². The minimum atomic E-state index is 0.775. The molecule has 0 radical (unpaired) electrons. The highest BCUT2D eigenvalue weighted by atomic mass is 79.9. The average Bonchev–Trinajstić information content (AvgIpc) is 3.22. The van der Waals surface area contributed by atoms with Gasteiger partial charge in [0, 0.05) is 36.9 Å². The fourth-order valence-corrected chi connectivity index (χ4v) is 5.42. The normalized spacial score (nSPS) is 13.8. The molecule has 28 heavy (non-hydrogen) atoms. The molecule has 0 spiro atoms. The average molecular weight is 559 g/mol. The van der Waals surface area contributed by atoms with Crippen LogP contribution in [0, 0.1) is 0 Å². The zero-order chi connectivity index (χ0) is 19.3. The van der Waals surface area contributed by atoms with Crippen LogP contribution in [0.3, 0.4) is 0 Å². The van der Waals surface area contributed by atoms with Crippen LogP contribution in [-0.4, -0.2) is 6.67 Å². The van der Waals surface area contributed by atoms with Crippen molar-refractivity contribution in [3.8, 4) is 0 Å². The highest BCUT2D eigenvalue weighted by molar-refractivity contribution is 9.11. The lowest BCUT2D eigenvalue weighted by atomic mass is 10.0. The van der Waals surface area contributed by atoms with Gasteiger partial charge in [-0.15, -0.1) is 0 Å². The molecular formula is C23H15Br3N2. The summed E-state index contributed by atoms with van der Waals surface area (Å²) in [6, 6.07) is 23.4. The van der Waals surface area contributed by atoms with E-state index in [9.17, 15) is 0 Å². The Morgan fingerprint density at radius 3 is 2.00 bits per heavy atom. The van der Waals surface area contributed by atoms with Gasteiger partial charge in [0.2, 0.25) is 0 Å². The van der Waals surface area contributed by atoms with Gasteiger partial charge in [-0.05, 0) is 78.4 Å². The highest BCUT2D eigenvalue weighted by Crippen LogP contribution is 2.43. The molecule has 0 saturated heterocycles. The van der Waals surface area contributed by atoms with Gasteiger partial charge >= 0.3 is 0 Å². The Labute approximate surface area is 188 Å². The monoisotopic (exact) mass is 556 g/mol. The fraction of sp³-hybridized carbons (Fsp3) is 0.0435. The molecule has 2 nitrogen and oxygen atoms in total. The van der Waals surface area contributed by atoms with Crippen molar-refractivity contribution in [1.29, 1.82) is 0 Å². The van der Waals surface area contributed by atoms with Gasteiger partial charge in [0.25, 0.3) is 0 Å². The molecular weight excluding hydrogens is 544 g/mol. The molecule has 0 aromatic heterocycles. The Morgan fingerprint density at radius 1 is 0.607 bits per heavy atom. The van der Waals surface area contributed by atoms with Crippen LogP contribution in [0.25, 0.3) is 21.5 Å². The Morgan fingerprint density at radius 2 is 1.25 bits per heavy atom. The van der Waals surface area contributed by atoms with E-state index in [1.54, 1.807) is 0 Å². The Balaban J connectivity index is 1.62. The van der Waals surface area contributed by atoms with Crippen LogP contribution in [0.2, 0.25) is 0 Å². The zero-order valence-electron chi connectivity index (χ0n) is 14.7. The molecule has 1 heterocycles. The molecule has 1 aliphatic heterocycles. The Kier molecular flexibility index (Phi) is 4.69. The van der Waals surface area contributed by atoms with Crippen LogP contribution in [-0.2, 0) is 0 Å². The molecule has 1 aliphatic rings. The maximum atomic E-state index is 3.89. The van der Waals surface area contributed by atoms with Crippen LogP contribution < -0.4 is 9.80 Å². The minimum Gasteiger partial charge on any atom is -0.328 e. The first kappa shape index (κ1) is 18.2. The summed E-state index contributed by atoms with van der Waals surface area (Å²) in [7, 11) is 0. The second kappa shape index (κ2) is 7.21. The van der Waals surface area contributed by atoms with Crippen LogP contribution in [0.1, 0.15) is 0 Å². The Hall–Kier alpha value is -1.82. The summed E-state index contributed by atoms with van der Waals surface area (Å²) >= 11 is 11.2. The molecule has 4 aromatic rings. The maximum Gasteiger partial charge on any atom is 0.0989 e. The van der Waals surface area contributed by atoms with Crippen molar-refractivity contribution < 1.29 is 0 Å². The first-order chi connectivity index (χ1) is 13.6. The van der Waals surface area contributed by atoms with Crippen molar-refractivity contribution in [2.75, 3.05) is 16.5 Å². The fourth-order valence-electron chi connectivity index (χ4n) is 3.71. The van der Waals surface area contributed by atoms with E-state index in [-0.39, 0.29) is 0 Å². The van der Waals surface area contributed by atoms with E-state index in [1.807, 2.05) is 0 Å². The number of rotatable bonds is 2. The van der Waals surface area contributed by atoms with Gasteiger partial charge in [0.1, 0.15) is 0 Å². The molecule has 5 rings (SSSR count). The standard InChI is InChI=1S/C23H15Br3N2/c24-15-8-10-16(11-9-15)27-12-13-28(14-27)20-7-3-6-19-21(20)23(26)18-5-2-1-4-17(18)22(19)25/h1-13H,14H2. The number of benzene rings is 4. The quantitative estimate of drug-likeness (QED) is 0.230. The molecule has 0 unspecified atom stereocenters. The van der Waals surface area contributed by atoms with E-state index < -0.39 is 0 Å². The third kappa shape index (κ3) is 2.97. The number of fused-ring (bicyclic) bond motifs is 2. The number of nitrogens with zero attached hydrogens (tertiary/aromatic N) is 2. The molecule has 0 N–H and O–H groups in total. The largest absolute Gasteiger partial charge is 0.328 e. The molecule has 0 amide bonds. The predicted molar refractivity (Wildman–Crippen MR) is 130 cm³/mol. The van der Waals surface area contributed by atoms with Gasteiger partial charge in [-0.2, -0.15) is 0 Å². The van der Waals surface area contributed by atoms with Gasteiger partial charge in [0.15, 0.2) is 0 Å². The third-order valence-electron chi connectivity index (χ3n) is 5.10. The predicted octanol–water partition coefficient (Wildman–Crippen LogP) is 8.04. The van der Waals surface area contributed by atoms with Gasteiger partial charge in [-0.1, -0.05) is 52.3 Å². The number of halogens is 3. The van der Waals surface area contributed by atoms with Crippen molar-refractivity contribution >= 4 is 80.7 Å². The van der Waals surface area contributed by atoms with Crippen LogP contribution in [0.5, 0.6) is 0 Å². The van der Waals surface area contributed by atoms with Crippen LogP contribution >= 0.6 is 47.8 Å². The summed E-state index contributed by atoms with van der Waals surface area (Å²) in [6.45, 7) is 0.775. The lowest BCUT2D eigenvalue weighted by Crippen LogP contribution is -2.24. The first-order valence-electron chi connectivity index (χ1n) is 8.89. The maximum absolute atomic E-state index is 3.89. The molecule has 138 valence electrons. The van der Waals surface area contributed by atoms with E-state index in [1.165, 1.54) is 32.9 Å². The van der Waals surface area contributed by atoms with E-state index in [0.717, 1.165) is 20.1 Å². The minimum absolute atomic E-state index is 0.775. The molecule has 0 fully saturated rings. The molecule has 4 aromatic carbocycles. The van der Waals surface area contributed by atoms with E-state index in [2.05, 4.69) is 137 Å². The zero-order valence-corrected chi connectivity index (χ0v) is 19.5. The van der Waals surface area contributed by atoms with Crippen molar-refractivity contribution in [3.63, 3.8) is 0 Å². The number of hydrogen-bond donors (Lipinski definition) is 0. The topological polar surface area (TPSA) is 6.48 Å². The molecule has 0 aliphatic carbocycles. The summed E-state index contributed by atoms with van der Waals surface area (Å²) in [5.74, 6) is 0. The summed E-state index contributed by atoms with van der Waals surface area (Å²) in [4.78, 5) is 4.53. The second-order valence-corrected chi connectivity index (χ2v) is 9.23. The lowest BCUT2D eigenvalue weighted by Gasteiger charge is -2.24. The summed E-state index contributed by atoms with van der Waals surface area (Å²) in [5, 5.41) is 4.85. The second-order valence-electron chi connectivity index (χ2n) is 6.73. The van der Waals surface area contributed by atoms with Crippen LogP contribution in [0.4, 0.5) is 11.4 Å². The van der Waals surface area contributed by atoms with E-state index in [4.69, 9.17) is 0 Å². The molecule has 0 atom stereocenters. The van der Waals surface area contributed by atoms with Crippen molar-refractivity contribution in [2.45, 2.75) is 0 Å². The first-order valence-corrected chi connectivity index (χ1v) is 11.3. The highest BCUT2D eigenvalue weighted by Gasteiger charge is 2.20. The summed E-state index contributed by atoms with van der Waals surface area (Å²) < 4.78 is 3.36. The van der Waals surface area contributed by atoms with Crippen LogP contribution in [0.15, 0.2) is 92.5 Å². The number of hydrogen-bond acceptors (Lipinski definition) is 2. The summed E-state index contributed by atoms with van der Waals surface area (Å²) in [5.41, 5.74) is 2.36.